The molecule has 0 aliphatic rings. The van der Waals surface area contributed by atoms with E-state index < -0.39 is 0 Å². The standard InChI is InChI=1S/C17H18Br2ClN/c1-3-17(12-4-6-13(18)7-5-12)21-11(2)15-9-8-14(19)10-16(15)20/h4-11,17,21H,3H2,1-2H3. The first-order chi connectivity index (χ1) is 10.0. The van der Waals surface area contributed by atoms with Crippen LogP contribution >= 0.6 is 43.5 Å². The van der Waals surface area contributed by atoms with E-state index in [1.54, 1.807) is 0 Å². The molecule has 0 saturated carbocycles. The van der Waals surface area contributed by atoms with Crippen LogP contribution in [0.2, 0.25) is 5.02 Å². The largest absolute Gasteiger partial charge is 0.303 e. The fourth-order valence-electron chi connectivity index (χ4n) is 2.39. The second kappa shape index (κ2) is 7.77. The number of nitrogens with one attached hydrogen (secondary N) is 1. The lowest BCUT2D eigenvalue weighted by atomic mass is 10.0. The zero-order valence-electron chi connectivity index (χ0n) is 12.0. The van der Waals surface area contributed by atoms with E-state index in [1.165, 1.54) is 5.56 Å². The molecule has 2 aromatic carbocycles. The molecule has 2 aromatic rings. The fraction of sp³-hybridized carbons (Fsp3) is 0.294. The second-order valence-electron chi connectivity index (χ2n) is 5.07. The van der Waals surface area contributed by atoms with Gasteiger partial charge in [-0.3, -0.25) is 0 Å². The van der Waals surface area contributed by atoms with Gasteiger partial charge >= 0.3 is 0 Å². The summed E-state index contributed by atoms with van der Waals surface area (Å²) in [5.41, 5.74) is 2.41. The highest BCUT2D eigenvalue weighted by Crippen LogP contribution is 2.29. The van der Waals surface area contributed by atoms with Gasteiger partial charge in [0.25, 0.3) is 0 Å². The first-order valence-electron chi connectivity index (χ1n) is 6.97. The minimum Gasteiger partial charge on any atom is -0.303 e. The van der Waals surface area contributed by atoms with Gasteiger partial charge in [-0.15, -0.1) is 0 Å². The summed E-state index contributed by atoms with van der Waals surface area (Å²) in [6.07, 6.45) is 1.03. The first kappa shape index (κ1) is 17.0. The lowest BCUT2D eigenvalue weighted by Crippen LogP contribution is -2.24. The van der Waals surface area contributed by atoms with Crippen molar-refractivity contribution in [1.29, 1.82) is 0 Å². The lowest BCUT2D eigenvalue weighted by Gasteiger charge is -2.24. The maximum absolute atomic E-state index is 6.34. The Morgan fingerprint density at radius 3 is 2.24 bits per heavy atom. The van der Waals surface area contributed by atoms with Crippen molar-refractivity contribution in [2.24, 2.45) is 0 Å². The van der Waals surface area contributed by atoms with Gasteiger partial charge in [-0.05, 0) is 48.7 Å². The van der Waals surface area contributed by atoms with Crippen molar-refractivity contribution < 1.29 is 0 Å². The summed E-state index contributed by atoms with van der Waals surface area (Å²) in [6, 6.07) is 15.0. The van der Waals surface area contributed by atoms with Gasteiger partial charge in [-0.25, -0.2) is 0 Å². The van der Waals surface area contributed by atoms with Crippen LogP contribution in [0.15, 0.2) is 51.4 Å². The van der Waals surface area contributed by atoms with Crippen LogP contribution in [0.5, 0.6) is 0 Å². The van der Waals surface area contributed by atoms with Gasteiger partial charge < -0.3 is 5.32 Å². The van der Waals surface area contributed by atoms with Gasteiger partial charge in [0.1, 0.15) is 0 Å². The van der Waals surface area contributed by atoms with Crippen molar-refractivity contribution in [2.45, 2.75) is 32.4 Å². The summed E-state index contributed by atoms with van der Waals surface area (Å²) in [7, 11) is 0. The average Bonchev–Trinajstić information content (AvgIpc) is 2.45. The van der Waals surface area contributed by atoms with Crippen LogP contribution in [0.4, 0.5) is 0 Å². The molecular formula is C17H18Br2ClN. The Morgan fingerprint density at radius 1 is 1.05 bits per heavy atom. The van der Waals surface area contributed by atoms with E-state index in [2.05, 4.69) is 81.4 Å². The zero-order chi connectivity index (χ0) is 15.4. The van der Waals surface area contributed by atoms with Crippen LogP contribution in [0.3, 0.4) is 0 Å². The molecule has 2 atom stereocenters. The highest BCUT2D eigenvalue weighted by atomic mass is 79.9. The molecule has 0 heterocycles. The molecule has 4 heteroatoms. The Kier molecular flexibility index (Phi) is 6.30. The molecular weight excluding hydrogens is 413 g/mol. The highest BCUT2D eigenvalue weighted by Gasteiger charge is 2.15. The summed E-state index contributed by atoms with van der Waals surface area (Å²) in [6.45, 7) is 4.34. The molecule has 2 rings (SSSR count). The van der Waals surface area contributed by atoms with Gasteiger partial charge in [0, 0.05) is 26.1 Å². The molecule has 0 aliphatic carbocycles. The number of benzene rings is 2. The zero-order valence-corrected chi connectivity index (χ0v) is 16.0. The van der Waals surface area contributed by atoms with Crippen LogP contribution in [0.25, 0.3) is 0 Å². The van der Waals surface area contributed by atoms with E-state index in [0.717, 1.165) is 26.0 Å². The summed E-state index contributed by atoms with van der Waals surface area (Å²) in [4.78, 5) is 0. The van der Waals surface area contributed by atoms with E-state index in [0.29, 0.717) is 6.04 Å². The molecule has 0 fully saturated rings. The second-order valence-corrected chi connectivity index (χ2v) is 7.31. The molecule has 0 bridgehead atoms. The first-order valence-corrected chi connectivity index (χ1v) is 8.94. The molecule has 2 unspecified atom stereocenters. The fourth-order valence-corrected chi connectivity index (χ4v) is 3.49. The van der Waals surface area contributed by atoms with E-state index in [1.807, 2.05) is 12.1 Å². The van der Waals surface area contributed by atoms with E-state index >= 15 is 0 Å². The molecule has 112 valence electrons. The van der Waals surface area contributed by atoms with Crippen molar-refractivity contribution >= 4 is 43.5 Å². The molecule has 0 radical (unpaired) electrons. The Hall–Kier alpha value is -0.350. The quantitative estimate of drug-likeness (QED) is 0.558. The Labute approximate surface area is 148 Å². The van der Waals surface area contributed by atoms with Gasteiger partial charge in [-0.1, -0.05) is 68.6 Å². The van der Waals surface area contributed by atoms with Crippen molar-refractivity contribution in [1.82, 2.24) is 5.32 Å². The SMILES string of the molecule is CCC(NC(C)c1ccc(Br)cc1Cl)c1ccc(Br)cc1. The molecule has 0 amide bonds. The molecule has 0 spiro atoms. The molecule has 1 N–H and O–H groups in total. The summed E-state index contributed by atoms with van der Waals surface area (Å²) >= 11 is 13.3. The van der Waals surface area contributed by atoms with Crippen molar-refractivity contribution in [3.05, 3.63) is 67.6 Å². The van der Waals surface area contributed by atoms with Crippen LogP contribution in [0, 0.1) is 0 Å². The predicted octanol–water partition coefficient (Wildman–Crippen LogP) is 6.67. The van der Waals surface area contributed by atoms with Crippen LogP contribution in [-0.4, -0.2) is 0 Å². The monoisotopic (exact) mass is 429 g/mol. The highest BCUT2D eigenvalue weighted by molar-refractivity contribution is 9.10. The van der Waals surface area contributed by atoms with E-state index in [-0.39, 0.29) is 6.04 Å². The minimum atomic E-state index is 0.194. The topological polar surface area (TPSA) is 12.0 Å². The number of hydrogen-bond donors (Lipinski definition) is 1. The number of halogens is 3. The minimum absolute atomic E-state index is 0.194. The third-order valence-electron chi connectivity index (χ3n) is 3.56. The molecule has 21 heavy (non-hydrogen) atoms. The average molecular weight is 432 g/mol. The molecule has 0 saturated heterocycles. The van der Waals surface area contributed by atoms with Gasteiger partial charge in [0.15, 0.2) is 0 Å². The lowest BCUT2D eigenvalue weighted by molar-refractivity contribution is 0.456. The van der Waals surface area contributed by atoms with Crippen LogP contribution in [0.1, 0.15) is 43.5 Å². The Bertz CT molecular complexity index is 598. The molecule has 0 aromatic heterocycles. The summed E-state index contributed by atoms with van der Waals surface area (Å²) < 4.78 is 2.11. The number of hydrogen-bond acceptors (Lipinski definition) is 1. The third-order valence-corrected chi connectivity index (χ3v) is 4.91. The van der Waals surface area contributed by atoms with Crippen molar-refractivity contribution in [3.63, 3.8) is 0 Å². The van der Waals surface area contributed by atoms with Crippen molar-refractivity contribution in [3.8, 4) is 0 Å². The normalized spacial score (nSPS) is 14.0. The van der Waals surface area contributed by atoms with Gasteiger partial charge in [0.2, 0.25) is 0 Å². The van der Waals surface area contributed by atoms with Crippen LogP contribution < -0.4 is 5.32 Å². The smallest absolute Gasteiger partial charge is 0.0464 e. The summed E-state index contributed by atoms with van der Waals surface area (Å²) in [5.74, 6) is 0. The van der Waals surface area contributed by atoms with Gasteiger partial charge in [0.05, 0.1) is 0 Å². The third kappa shape index (κ3) is 4.56. The maximum Gasteiger partial charge on any atom is 0.0464 e. The maximum atomic E-state index is 6.34. The van der Waals surface area contributed by atoms with E-state index in [4.69, 9.17) is 11.6 Å². The Morgan fingerprint density at radius 2 is 1.67 bits per heavy atom. The van der Waals surface area contributed by atoms with E-state index in [9.17, 15) is 0 Å². The molecule has 1 nitrogen and oxygen atoms in total. The molecule has 0 aliphatic heterocycles. The Balaban J connectivity index is 2.15. The summed E-state index contributed by atoms with van der Waals surface area (Å²) in [5, 5.41) is 4.45. The van der Waals surface area contributed by atoms with Gasteiger partial charge in [-0.2, -0.15) is 0 Å². The van der Waals surface area contributed by atoms with Crippen molar-refractivity contribution in [2.75, 3.05) is 0 Å². The van der Waals surface area contributed by atoms with Crippen LogP contribution in [-0.2, 0) is 0 Å². The number of rotatable bonds is 5. The predicted molar refractivity (Wildman–Crippen MR) is 97.9 cm³/mol.